The van der Waals surface area contributed by atoms with Crippen LogP contribution in [0, 0.1) is 11.8 Å². The van der Waals surface area contributed by atoms with Gasteiger partial charge < -0.3 is 20.1 Å². The van der Waals surface area contributed by atoms with Gasteiger partial charge in [-0.25, -0.2) is 0 Å². The smallest absolute Gasteiger partial charge is 0.306 e. The molecule has 1 saturated heterocycles. The molecule has 25 heavy (non-hydrogen) atoms. The number of morpholine rings is 1. The molecular formula is C18H22N2O5. The number of aliphatic carboxylic acids is 1. The molecule has 1 aromatic rings. The SMILES string of the molecule is CC1CC1C(=O)Nc1ccc(C(=O)N2CCOC(CC(=O)O)C2)cc1. The molecule has 2 amide bonds. The number of ether oxygens (including phenoxy) is 1. The fraction of sp³-hybridized carbons (Fsp3) is 0.500. The molecule has 1 aliphatic heterocycles. The van der Waals surface area contributed by atoms with Crippen LogP contribution in [0.15, 0.2) is 24.3 Å². The number of hydrogen-bond acceptors (Lipinski definition) is 4. The summed E-state index contributed by atoms with van der Waals surface area (Å²) in [6, 6.07) is 6.78. The molecule has 1 aromatic carbocycles. The Hall–Kier alpha value is -2.41. The van der Waals surface area contributed by atoms with E-state index in [4.69, 9.17) is 9.84 Å². The number of nitrogens with zero attached hydrogens (tertiary/aromatic N) is 1. The van der Waals surface area contributed by atoms with Crippen LogP contribution in [0.5, 0.6) is 0 Å². The Kier molecular flexibility index (Phi) is 5.03. The Morgan fingerprint density at radius 3 is 2.56 bits per heavy atom. The Bertz CT molecular complexity index is 673. The predicted molar refractivity (Wildman–Crippen MR) is 90.2 cm³/mol. The van der Waals surface area contributed by atoms with Crippen LogP contribution in [-0.2, 0) is 14.3 Å². The van der Waals surface area contributed by atoms with Crippen molar-refractivity contribution < 1.29 is 24.2 Å². The number of amides is 2. The van der Waals surface area contributed by atoms with Gasteiger partial charge in [0, 0.05) is 30.3 Å². The molecule has 134 valence electrons. The molecule has 0 radical (unpaired) electrons. The number of carbonyl (C=O) groups excluding carboxylic acids is 2. The lowest BCUT2D eigenvalue weighted by molar-refractivity contribution is -0.141. The molecule has 0 spiro atoms. The molecular weight excluding hydrogens is 324 g/mol. The lowest BCUT2D eigenvalue weighted by Gasteiger charge is -2.32. The summed E-state index contributed by atoms with van der Waals surface area (Å²) in [5.41, 5.74) is 1.18. The molecule has 0 bridgehead atoms. The zero-order valence-corrected chi connectivity index (χ0v) is 14.1. The number of benzene rings is 1. The maximum absolute atomic E-state index is 12.6. The second-order valence-electron chi connectivity index (χ2n) is 6.73. The summed E-state index contributed by atoms with van der Waals surface area (Å²) in [4.78, 5) is 36.9. The molecule has 2 aliphatic rings. The van der Waals surface area contributed by atoms with Crippen molar-refractivity contribution in [1.82, 2.24) is 4.90 Å². The number of carboxylic acids is 1. The highest BCUT2D eigenvalue weighted by Crippen LogP contribution is 2.38. The summed E-state index contributed by atoms with van der Waals surface area (Å²) < 4.78 is 5.38. The van der Waals surface area contributed by atoms with Crippen molar-refractivity contribution >= 4 is 23.5 Å². The van der Waals surface area contributed by atoms with E-state index < -0.39 is 12.1 Å². The minimum absolute atomic E-state index is 0.0243. The van der Waals surface area contributed by atoms with Crippen molar-refractivity contribution in [3.05, 3.63) is 29.8 Å². The molecule has 1 heterocycles. The van der Waals surface area contributed by atoms with E-state index in [1.807, 2.05) is 6.92 Å². The van der Waals surface area contributed by atoms with Crippen molar-refractivity contribution in [1.29, 1.82) is 0 Å². The van der Waals surface area contributed by atoms with Gasteiger partial charge in [-0.2, -0.15) is 0 Å². The van der Waals surface area contributed by atoms with Gasteiger partial charge in [-0.05, 0) is 36.6 Å². The van der Waals surface area contributed by atoms with Gasteiger partial charge in [-0.15, -0.1) is 0 Å². The first-order chi connectivity index (χ1) is 11.9. The van der Waals surface area contributed by atoms with Gasteiger partial charge in [0.15, 0.2) is 0 Å². The summed E-state index contributed by atoms with van der Waals surface area (Å²) in [6.07, 6.45) is 0.333. The second-order valence-corrected chi connectivity index (χ2v) is 6.73. The van der Waals surface area contributed by atoms with Crippen molar-refractivity contribution in [2.75, 3.05) is 25.0 Å². The number of carbonyl (C=O) groups is 3. The van der Waals surface area contributed by atoms with Gasteiger partial charge in [0.05, 0.1) is 19.1 Å². The lowest BCUT2D eigenvalue weighted by atomic mass is 10.1. The van der Waals surface area contributed by atoms with Crippen molar-refractivity contribution in [3.63, 3.8) is 0 Å². The highest BCUT2D eigenvalue weighted by molar-refractivity contribution is 5.97. The van der Waals surface area contributed by atoms with Crippen molar-refractivity contribution in [3.8, 4) is 0 Å². The van der Waals surface area contributed by atoms with Gasteiger partial charge >= 0.3 is 5.97 Å². The number of anilines is 1. The van der Waals surface area contributed by atoms with E-state index >= 15 is 0 Å². The lowest BCUT2D eigenvalue weighted by Crippen LogP contribution is -2.46. The van der Waals surface area contributed by atoms with E-state index in [9.17, 15) is 14.4 Å². The van der Waals surface area contributed by atoms with Crippen molar-refractivity contribution in [2.24, 2.45) is 11.8 Å². The summed E-state index contributed by atoms with van der Waals surface area (Å²) in [6.45, 7) is 3.08. The van der Waals surface area contributed by atoms with Crippen LogP contribution >= 0.6 is 0 Å². The molecule has 2 N–H and O–H groups in total. The normalized spacial score (nSPS) is 25.3. The Labute approximate surface area is 146 Å². The van der Waals surface area contributed by atoms with Crippen LogP contribution in [0.2, 0.25) is 0 Å². The first-order valence-electron chi connectivity index (χ1n) is 8.47. The molecule has 7 nitrogen and oxygen atoms in total. The van der Waals surface area contributed by atoms with Gasteiger partial charge in [0.1, 0.15) is 0 Å². The van der Waals surface area contributed by atoms with Crippen LogP contribution in [0.25, 0.3) is 0 Å². The molecule has 1 aliphatic carbocycles. The minimum Gasteiger partial charge on any atom is -0.481 e. The largest absolute Gasteiger partial charge is 0.481 e. The Morgan fingerprint density at radius 1 is 1.28 bits per heavy atom. The molecule has 2 fully saturated rings. The van der Waals surface area contributed by atoms with Crippen LogP contribution in [0.3, 0.4) is 0 Å². The second kappa shape index (κ2) is 7.23. The van der Waals surface area contributed by atoms with Crippen LogP contribution in [0.1, 0.15) is 30.1 Å². The van der Waals surface area contributed by atoms with Gasteiger partial charge in [0.2, 0.25) is 5.91 Å². The standard InChI is InChI=1S/C18H22N2O5/c1-11-8-15(11)17(23)19-13-4-2-12(3-5-13)18(24)20-6-7-25-14(10-20)9-16(21)22/h2-5,11,14-15H,6-10H2,1H3,(H,19,23)(H,21,22). The van der Waals surface area contributed by atoms with E-state index in [1.165, 1.54) is 0 Å². The maximum Gasteiger partial charge on any atom is 0.306 e. The highest BCUT2D eigenvalue weighted by atomic mass is 16.5. The zero-order valence-electron chi connectivity index (χ0n) is 14.1. The molecule has 3 unspecified atom stereocenters. The third kappa shape index (κ3) is 4.36. The average Bonchev–Trinajstić information content (AvgIpc) is 3.31. The third-order valence-electron chi connectivity index (χ3n) is 4.67. The number of nitrogens with one attached hydrogen (secondary N) is 1. The van der Waals surface area contributed by atoms with E-state index in [2.05, 4.69) is 5.32 Å². The zero-order chi connectivity index (χ0) is 18.0. The predicted octanol–water partition coefficient (Wildman–Crippen LogP) is 1.60. The van der Waals surface area contributed by atoms with E-state index in [1.54, 1.807) is 29.2 Å². The summed E-state index contributed by atoms with van der Waals surface area (Å²) in [5.74, 6) is -0.533. The first-order valence-corrected chi connectivity index (χ1v) is 8.47. The monoisotopic (exact) mass is 346 g/mol. The molecule has 1 saturated carbocycles. The van der Waals surface area contributed by atoms with Crippen LogP contribution < -0.4 is 5.32 Å². The molecule has 3 atom stereocenters. The first kappa shape index (κ1) is 17.4. The summed E-state index contributed by atoms with van der Waals surface area (Å²) >= 11 is 0. The fourth-order valence-electron chi connectivity index (χ4n) is 3.02. The molecule has 3 rings (SSSR count). The van der Waals surface area contributed by atoms with Crippen LogP contribution in [-0.4, -0.2) is 53.6 Å². The Morgan fingerprint density at radius 2 is 1.96 bits per heavy atom. The van der Waals surface area contributed by atoms with Gasteiger partial charge in [-0.1, -0.05) is 6.92 Å². The quantitative estimate of drug-likeness (QED) is 0.844. The summed E-state index contributed by atoms with van der Waals surface area (Å²) in [7, 11) is 0. The molecule has 0 aromatic heterocycles. The third-order valence-corrected chi connectivity index (χ3v) is 4.67. The topological polar surface area (TPSA) is 95.9 Å². The summed E-state index contributed by atoms with van der Waals surface area (Å²) in [5, 5.41) is 11.7. The Balaban J connectivity index is 1.58. The van der Waals surface area contributed by atoms with Crippen molar-refractivity contribution in [2.45, 2.75) is 25.9 Å². The van der Waals surface area contributed by atoms with Gasteiger partial charge in [-0.3, -0.25) is 14.4 Å². The van der Waals surface area contributed by atoms with Crippen LogP contribution in [0.4, 0.5) is 5.69 Å². The fourth-order valence-corrected chi connectivity index (χ4v) is 3.02. The molecule has 7 heteroatoms. The minimum atomic E-state index is -0.940. The highest BCUT2D eigenvalue weighted by Gasteiger charge is 2.39. The maximum atomic E-state index is 12.6. The van der Waals surface area contributed by atoms with E-state index in [0.717, 1.165) is 6.42 Å². The average molecular weight is 346 g/mol. The number of hydrogen-bond donors (Lipinski definition) is 2. The van der Waals surface area contributed by atoms with E-state index in [0.29, 0.717) is 30.3 Å². The van der Waals surface area contributed by atoms with Gasteiger partial charge in [0.25, 0.3) is 5.91 Å². The number of rotatable bonds is 5. The van der Waals surface area contributed by atoms with E-state index in [-0.39, 0.29) is 30.7 Å². The number of carboxylic acid groups (broad SMARTS) is 1.